The Bertz CT molecular complexity index is 609. The summed E-state index contributed by atoms with van der Waals surface area (Å²) in [6, 6.07) is 13.1. The van der Waals surface area contributed by atoms with E-state index in [0.717, 1.165) is 25.5 Å². The van der Waals surface area contributed by atoms with Crippen LogP contribution in [0.1, 0.15) is 42.1 Å². The van der Waals surface area contributed by atoms with Gasteiger partial charge in [0.1, 0.15) is 5.82 Å². The summed E-state index contributed by atoms with van der Waals surface area (Å²) in [6.45, 7) is 7.21. The molecule has 2 heterocycles. The van der Waals surface area contributed by atoms with Crippen LogP contribution in [0.25, 0.3) is 0 Å². The van der Waals surface area contributed by atoms with Crippen molar-refractivity contribution in [3.05, 3.63) is 58.8 Å². The number of fused-ring (bicyclic) bond motifs is 1. The third-order valence-corrected chi connectivity index (χ3v) is 4.03. The van der Waals surface area contributed by atoms with E-state index in [4.69, 9.17) is 4.98 Å². The van der Waals surface area contributed by atoms with Crippen molar-refractivity contribution in [2.24, 2.45) is 0 Å². The topological polar surface area (TPSA) is 28.2 Å². The number of hydrogen-bond donors (Lipinski definition) is 1. The molecule has 2 aromatic rings. The molecular formula is C18H23N3. The van der Waals surface area contributed by atoms with Crippen LogP contribution in [0, 0.1) is 0 Å². The van der Waals surface area contributed by atoms with Gasteiger partial charge in [-0.05, 0) is 41.8 Å². The molecule has 1 aromatic carbocycles. The van der Waals surface area contributed by atoms with E-state index in [2.05, 4.69) is 60.5 Å². The van der Waals surface area contributed by atoms with Gasteiger partial charge in [-0.25, -0.2) is 4.98 Å². The van der Waals surface area contributed by atoms with E-state index in [9.17, 15) is 0 Å². The molecule has 1 aliphatic rings. The molecule has 3 heteroatoms. The largest absolute Gasteiger partial charge is 0.348 e. The average molecular weight is 281 g/mol. The Morgan fingerprint density at radius 2 is 1.81 bits per heavy atom. The number of nitrogens with zero attached hydrogens (tertiary/aromatic N) is 2. The second-order valence-corrected chi connectivity index (χ2v) is 6.07. The lowest BCUT2D eigenvalue weighted by molar-refractivity contribution is 0.770. The Kier molecular flexibility index (Phi) is 3.93. The summed E-state index contributed by atoms with van der Waals surface area (Å²) in [5.41, 5.74) is 5.32. The SMILES string of the molecule is CNCc1cc(C(C)C)nc(N2Cc3ccccc3C2)c1. The van der Waals surface area contributed by atoms with Crippen LogP contribution in [0.5, 0.6) is 0 Å². The summed E-state index contributed by atoms with van der Waals surface area (Å²) in [4.78, 5) is 7.25. The van der Waals surface area contributed by atoms with Crippen molar-refractivity contribution in [3.8, 4) is 0 Å². The van der Waals surface area contributed by atoms with Crippen LogP contribution in [-0.4, -0.2) is 12.0 Å². The molecule has 0 unspecified atom stereocenters. The third-order valence-electron chi connectivity index (χ3n) is 4.03. The average Bonchev–Trinajstić information content (AvgIpc) is 2.91. The molecule has 0 aliphatic carbocycles. The Labute approximate surface area is 127 Å². The summed E-state index contributed by atoms with van der Waals surface area (Å²) in [5.74, 6) is 1.55. The van der Waals surface area contributed by atoms with Crippen LogP contribution in [-0.2, 0) is 19.6 Å². The van der Waals surface area contributed by atoms with Crippen molar-refractivity contribution in [3.63, 3.8) is 0 Å². The summed E-state index contributed by atoms with van der Waals surface area (Å²) in [6.07, 6.45) is 0. The minimum absolute atomic E-state index is 0.450. The fourth-order valence-electron chi connectivity index (χ4n) is 2.85. The van der Waals surface area contributed by atoms with Gasteiger partial charge in [-0.2, -0.15) is 0 Å². The van der Waals surface area contributed by atoms with Gasteiger partial charge in [0.2, 0.25) is 0 Å². The van der Waals surface area contributed by atoms with E-state index in [1.54, 1.807) is 0 Å². The molecular weight excluding hydrogens is 258 g/mol. The lowest BCUT2D eigenvalue weighted by Crippen LogP contribution is -2.18. The Balaban J connectivity index is 1.92. The predicted molar refractivity (Wildman–Crippen MR) is 87.4 cm³/mol. The van der Waals surface area contributed by atoms with Gasteiger partial charge < -0.3 is 10.2 Å². The van der Waals surface area contributed by atoms with Gasteiger partial charge >= 0.3 is 0 Å². The van der Waals surface area contributed by atoms with Crippen LogP contribution in [0.15, 0.2) is 36.4 Å². The van der Waals surface area contributed by atoms with Crippen molar-refractivity contribution in [1.82, 2.24) is 10.3 Å². The molecule has 0 radical (unpaired) electrons. The van der Waals surface area contributed by atoms with Crippen LogP contribution in [0.2, 0.25) is 0 Å². The van der Waals surface area contributed by atoms with Crippen LogP contribution in [0.3, 0.4) is 0 Å². The second-order valence-electron chi connectivity index (χ2n) is 6.07. The Morgan fingerprint density at radius 1 is 1.14 bits per heavy atom. The van der Waals surface area contributed by atoms with Crippen LogP contribution < -0.4 is 10.2 Å². The van der Waals surface area contributed by atoms with Crippen molar-refractivity contribution < 1.29 is 0 Å². The highest BCUT2D eigenvalue weighted by Gasteiger charge is 2.20. The van der Waals surface area contributed by atoms with E-state index in [-0.39, 0.29) is 0 Å². The lowest BCUT2D eigenvalue weighted by Gasteiger charge is -2.20. The predicted octanol–water partition coefficient (Wildman–Crippen LogP) is 3.44. The van der Waals surface area contributed by atoms with Gasteiger partial charge in [-0.3, -0.25) is 0 Å². The summed E-state index contributed by atoms with van der Waals surface area (Å²) in [5, 5.41) is 3.24. The number of benzene rings is 1. The molecule has 3 rings (SSSR count). The quantitative estimate of drug-likeness (QED) is 0.930. The molecule has 21 heavy (non-hydrogen) atoms. The summed E-state index contributed by atoms with van der Waals surface area (Å²) < 4.78 is 0. The minimum atomic E-state index is 0.450. The van der Waals surface area contributed by atoms with Gasteiger partial charge in [0.05, 0.1) is 0 Å². The maximum atomic E-state index is 4.88. The van der Waals surface area contributed by atoms with E-state index in [1.165, 1.54) is 22.4 Å². The molecule has 0 atom stereocenters. The zero-order chi connectivity index (χ0) is 14.8. The molecule has 0 fully saturated rings. The van der Waals surface area contributed by atoms with Gasteiger partial charge in [-0.1, -0.05) is 38.1 Å². The first-order chi connectivity index (χ1) is 10.2. The number of anilines is 1. The first-order valence-electron chi connectivity index (χ1n) is 7.64. The molecule has 0 saturated heterocycles. The molecule has 1 N–H and O–H groups in total. The summed E-state index contributed by atoms with van der Waals surface area (Å²) >= 11 is 0. The van der Waals surface area contributed by atoms with Crippen molar-refractivity contribution >= 4 is 5.82 Å². The zero-order valence-electron chi connectivity index (χ0n) is 13.1. The fourth-order valence-corrected chi connectivity index (χ4v) is 2.85. The van der Waals surface area contributed by atoms with Crippen LogP contribution in [0.4, 0.5) is 5.82 Å². The highest BCUT2D eigenvalue weighted by Crippen LogP contribution is 2.28. The van der Waals surface area contributed by atoms with Gasteiger partial charge in [-0.15, -0.1) is 0 Å². The van der Waals surface area contributed by atoms with Crippen molar-refractivity contribution in [2.75, 3.05) is 11.9 Å². The normalized spacial score (nSPS) is 13.8. The van der Waals surface area contributed by atoms with Gasteiger partial charge in [0, 0.05) is 25.3 Å². The molecule has 110 valence electrons. The highest BCUT2D eigenvalue weighted by atomic mass is 15.2. The lowest BCUT2D eigenvalue weighted by atomic mass is 10.1. The molecule has 1 aliphatic heterocycles. The second kappa shape index (κ2) is 5.86. The number of nitrogens with one attached hydrogen (secondary N) is 1. The maximum Gasteiger partial charge on any atom is 0.129 e. The molecule has 1 aromatic heterocycles. The van der Waals surface area contributed by atoms with E-state index < -0.39 is 0 Å². The number of aromatic nitrogens is 1. The van der Waals surface area contributed by atoms with Crippen LogP contribution >= 0.6 is 0 Å². The van der Waals surface area contributed by atoms with E-state index >= 15 is 0 Å². The molecule has 0 bridgehead atoms. The molecule has 0 saturated carbocycles. The molecule has 0 amide bonds. The monoisotopic (exact) mass is 281 g/mol. The smallest absolute Gasteiger partial charge is 0.129 e. The van der Waals surface area contributed by atoms with E-state index in [0.29, 0.717) is 5.92 Å². The molecule has 0 spiro atoms. The molecule has 3 nitrogen and oxygen atoms in total. The summed E-state index contributed by atoms with van der Waals surface area (Å²) in [7, 11) is 1.99. The minimum Gasteiger partial charge on any atom is -0.348 e. The van der Waals surface area contributed by atoms with Crippen molar-refractivity contribution in [2.45, 2.75) is 39.4 Å². The first-order valence-corrected chi connectivity index (χ1v) is 7.64. The highest BCUT2D eigenvalue weighted by molar-refractivity contribution is 5.49. The Hall–Kier alpha value is -1.87. The third kappa shape index (κ3) is 2.93. The van der Waals surface area contributed by atoms with Gasteiger partial charge in [0.25, 0.3) is 0 Å². The number of hydrogen-bond acceptors (Lipinski definition) is 3. The Morgan fingerprint density at radius 3 is 2.38 bits per heavy atom. The van der Waals surface area contributed by atoms with E-state index in [1.807, 2.05) is 7.05 Å². The fraction of sp³-hybridized carbons (Fsp3) is 0.389. The zero-order valence-corrected chi connectivity index (χ0v) is 13.1. The van der Waals surface area contributed by atoms with Crippen molar-refractivity contribution in [1.29, 1.82) is 0 Å². The standard InChI is InChI=1S/C18H23N3/c1-13(2)17-8-14(10-19-3)9-18(20-17)21-11-15-6-4-5-7-16(15)12-21/h4-9,13,19H,10-12H2,1-3H3. The number of pyridine rings is 1. The van der Waals surface area contributed by atoms with Gasteiger partial charge in [0.15, 0.2) is 0 Å². The first kappa shape index (κ1) is 14.1. The maximum absolute atomic E-state index is 4.88. The number of rotatable bonds is 4.